The number of carboxylic acid groups (broad SMARTS) is 1. The molecule has 9 nitrogen and oxygen atoms in total. The van der Waals surface area contributed by atoms with Crippen LogP contribution < -0.4 is 5.32 Å². The second kappa shape index (κ2) is 9.91. The van der Waals surface area contributed by atoms with E-state index in [1.807, 2.05) is 36.4 Å². The molecule has 1 aliphatic carbocycles. The number of ether oxygens (including phenoxy) is 1. The number of amides is 1. The van der Waals surface area contributed by atoms with E-state index in [9.17, 15) is 14.7 Å². The molecule has 1 aliphatic rings. The number of nitrogens with one attached hydrogen (secondary N) is 1. The van der Waals surface area contributed by atoms with E-state index in [1.54, 1.807) is 31.2 Å². The maximum absolute atomic E-state index is 12.6. The van der Waals surface area contributed by atoms with Crippen molar-refractivity contribution in [3.05, 3.63) is 95.3 Å². The first-order valence-corrected chi connectivity index (χ1v) is 11.5. The normalized spacial score (nSPS) is 12.9. The number of hydrogen-bond acceptors (Lipinski definition) is 7. The molecule has 2 N–H and O–H groups in total. The highest BCUT2D eigenvalue weighted by Crippen LogP contribution is 2.44. The summed E-state index contributed by atoms with van der Waals surface area (Å²) in [7, 11) is 0. The summed E-state index contributed by atoms with van der Waals surface area (Å²) in [5.74, 6) is -0.410. The van der Waals surface area contributed by atoms with Gasteiger partial charge in [-0.25, -0.2) is 9.59 Å². The largest absolute Gasteiger partial charge is 0.480 e. The second-order valence-corrected chi connectivity index (χ2v) is 8.53. The molecule has 0 saturated heterocycles. The molecular formula is C27H23N5O4. The Hall–Kier alpha value is -4.66. The highest BCUT2D eigenvalue weighted by Gasteiger charge is 2.29. The van der Waals surface area contributed by atoms with Crippen LogP contribution in [0.25, 0.3) is 22.5 Å². The third-order valence-electron chi connectivity index (χ3n) is 6.16. The fourth-order valence-corrected chi connectivity index (χ4v) is 4.40. The molecule has 180 valence electrons. The van der Waals surface area contributed by atoms with Crippen LogP contribution in [0.3, 0.4) is 0 Å². The minimum Gasteiger partial charge on any atom is -0.480 e. The molecule has 0 spiro atoms. The van der Waals surface area contributed by atoms with Crippen molar-refractivity contribution >= 4 is 12.1 Å². The zero-order valence-corrected chi connectivity index (χ0v) is 19.5. The molecule has 3 aromatic carbocycles. The highest BCUT2D eigenvalue weighted by atomic mass is 16.5. The Bertz CT molecular complexity index is 1360. The van der Waals surface area contributed by atoms with Gasteiger partial charge in [-0.2, -0.15) is 0 Å². The molecule has 0 unspecified atom stereocenters. The number of aliphatic carboxylic acids is 1. The van der Waals surface area contributed by atoms with Crippen LogP contribution in [0.15, 0.2) is 72.8 Å². The molecule has 5 rings (SSSR count). The second-order valence-electron chi connectivity index (χ2n) is 8.53. The molecule has 36 heavy (non-hydrogen) atoms. The lowest BCUT2D eigenvalue weighted by atomic mass is 9.98. The third-order valence-corrected chi connectivity index (χ3v) is 6.16. The van der Waals surface area contributed by atoms with Gasteiger partial charge in [-0.05, 0) is 34.7 Å². The van der Waals surface area contributed by atoms with Gasteiger partial charge in [-0.3, -0.25) is 0 Å². The highest BCUT2D eigenvalue weighted by molar-refractivity contribution is 5.81. The van der Waals surface area contributed by atoms with Crippen molar-refractivity contribution in [3.8, 4) is 22.5 Å². The van der Waals surface area contributed by atoms with E-state index in [4.69, 9.17) is 4.74 Å². The van der Waals surface area contributed by atoms with E-state index in [1.165, 1.54) is 0 Å². The summed E-state index contributed by atoms with van der Waals surface area (Å²) >= 11 is 0. The first kappa shape index (κ1) is 23.1. The molecule has 1 amide bonds. The zero-order chi connectivity index (χ0) is 25.1. The van der Waals surface area contributed by atoms with Gasteiger partial charge in [0.2, 0.25) is 5.82 Å². The van der Waals surface area contributed by atoms with Gasteiger partial charge >= 0.3 is 12.1 Å². The van der Waals surface area contributed by atoms with Crippen LogP contribution in [-0.2, 0) is 16.0 Å². The Morgan fingerprint density at radius 3 is 2.06 bits per heavy atom. The quantitative estimate of drug-likeness (QED) is 0.408. The van der Waals surface area contributed by atoms with E-state index in [-0.39, 0.29) is 18.9 Å². The van der Waals surface area contributed by atoms with Crippen molar-refractivity contribution in [1.82, 2.24) is 25.7 Å². The maximum Gasteiger partial charge on any atom is 0.407 e. The smallest absolute Gasteiger partial charge is 0.407 e. The first-order valence-electron chi connectivity index (χ1n) is 11.5. The number of fused-ring (bicyclic) bond motifs is 3. The van der Waals surface area contributed by atoms with Crippen molar-refractivity contribution in [2.75, 3.05) is 6.61 Å². The fourth-order valence-electron chi connectivity index (χ4n) is 4.40. The van der Waals surface area contributed by atoms with Gasteiger partial charge in [-0.1, -0.05) is 72.8 Å². The molecular weight excluding hydrogens is 458 g/mol. The van der Waals surface area contributed by atoms with Gasteiger partial charge < -0.3 is 15.2 Å². The van der Waals surface area contributed by atoms with Gasteiger partial charge in [0.05, 0.1) is 0 Å². The number of rotatable bonds is 7. The molecule has 0 radical (unpaired) electrons. The predicted molar refractivity (Wildman–Crippen MR) is 131 cm³/mol. The molecule has 0 fully saturated rings. The number of hydrogen-bond donors (Lipinski definition) is 2. The number of carboxylic acids is 1. The van der Waals surface area contributed by atoms with Crippen molar-refractivity contribution < 1.29 is 19.4 Å². The predicted octanol–water partition coefficient (Wildman–Crippen LogP) is 3.78. The summed E-state index contributed by atoms with van der Waals surface area (Å²) in [6, 6.07) is 21.9. The lowest BCUT2D eigenvalue weighted by molar-refractivity contribution is -0.139. The average Bonchev–Trinajstić information content (AvgIpc) is 3.22. The number of benzene rings is 3. The van der Waals surface area contributed by atoms with Crippen LogP contribution >= 0.6 is 0 Å². The van der Waals surface area contributed by atoms with Crippen molar-refractivity contribution in [1.29, 1.82) is 0 Å². The Morgan fingerprint density at radius 1 is 0.889 bits per heavy atom. The Balaban J connectivity index is 1.22. The average molecular weight is 482 g/mol. The summed E-state index contributed by atoms with van der Waals surface area (Å²) < 4.78 is 5.50. The Morgan fingerprint density at radius 2 is 1.47 bits per heavy atom. The summed E-state index contributed by atoms with van der Waals surface area (Å²) in [6.45, 7) is 1.81. The van der Waals surface area contributed by atoms with E-state index in [2.05, 4.69) is 37.8 Å². The number of carbonyl (C=O) groups is 2. The molecule has 0 saturated carbocycles. The minimum absolute atomic E-state index is 0.0884. The van der Waals surface area contributed by atoms with E-state index in [0.717, 1.165) is 27.8 Å². The molecule has 1 atom stereocenters. The fraction of sp³-hybridized carbons (Fsp3) is 0.185. The summed E-state index contributed by atoms with van der Waals surface area (Å²) in [5.41, 5.74) is 5.84. The number of aromatic nitrogens is 4. The zero-order valence-electron chi connectivity index (χ0n) is 19.5. The first-order chi connectivity index (χ1) is 17.5. The Kier molecular flexibility index (Phi) is 6.36. The van der Waals surface area contributed by atoms with Crippen LogP contribution in [0.1, 0.15) is 28.4 Å². The molecule has 1 heterocycles. The summed E-state index contributed by atoms with van der Waals surface area (Å²) in [6.07, 6.45) is -0.684. The molecule has 0 bridgehead atoms. The lowest BCUT2D eigenvalue weighted by Crippen LogP contribution is -2.42. The molecule has 9 heteroatoms. The topological polar surface area (TPSA) is 127 Å². The molecule has 1 aromatic heterocycles. The SMILES string of the molecule is Cc1nnc(-c2ccc(C[C@@H](NC(=O)OCC3c4ccccc4-c4ccccc43)C(=O)O)cc2)nn1. The van der Waals surface area contributed by atoms with Gasteiger partial charge in [0.25, 0.3) is 0 Å². The number of nitrogens with zero attached hydrogens (tertiary/aromatic N) is 4. The lowest BCUT2D eigenvalue weighted by Gasteiger charge is -2.17. The van der Waals surface area contributed by atoms with Gasteiger partial charge in [0.1, 0.15) is 12.6 Å². The van der Waals surface area contributed by atoms with E-state index < -0.39 is 18.1 Å². The number of carbonyl (C=O) groups excluding carboxylic acids is 1. The van der Waals surface area contributed by atoms with Crippen LogP contribution in [0.5, 0.6) is 0 Å². The van der Waals surface area contributed by atoms with Crippen LogP contribution in [0.2, 0.25) is 0 Å². The summed E-state index contributed by atoms with van der Waals surface area (Å²) in [4.78, 5) is 24.4. The van der Waals surface area contributed by atoms with Crippen molar-refractivity contribution in [3.63, 3.8) is 0 Å². The van der Waals surface area contributed by atoms with Crippen LogP contribution in [0.4, 0.5) is 4.79 Å². The molecule has 0 aliphatic heterocycles. The monoisotopic (exact) mass is 481 g/mol. The maximum atomic E-state index is 12.6. The molecule has 4 aromatic rings. The van der Waals surface area contributed by atoms with Gasteiger partial charge in [0.15, 0.2) is 5.82 Å². The van der Waals surface area contributed by atoms with Gasteiger partial charge in [0, 0.05) is 17.9 Å². The third kappa shape index (κ3) is 4.76. The van der Waals surface area contributed by atoms with E-state index >= 15 is 0 Å². The summed E-state index contributed by atoms with van der Waals surface area (Å²) in [5, 5.41) is 27.9. The van der Waals surface area contributed by atoms with Crippen molar-refractivity contribution in [2.24, 2.45) is 0 Å². The standard InChI is InChI=1S/C27H23N5O4/c1-16-29-31-25(32-30-16)18-12-10-17(11-13-18)14-24(26(33)34)28-27(35)36-15-23-21-8-4-2-6-19(21)20-7-3-5-9-22(20)23/h2-13,23-24H,14-15H2,1H3,(H,28,35)(H,33,34)/t24-/m1/s1. The van der Waals surface area contributed by atoms with Gasteiger partial charge in [-0.15, -0.1) is 20.4 Å². The van der Waals surface area contributed by atoms with Crippen molar-refractivity contribution in [2.45, 2.75) is 25.3 Å². The van der Waals surface area contributed by atoms with Crippen LogP contribution in [-0.4, -0.2) is 50.2 Å². The number of alkyl carbamates (subject to hydrolysis) is 1. The Labute approximate surface area is 207 Å². The van der Waals surface area contributed by atoms with Crippen LogP contribution in [0, 0.1) is 6.92 Å². The minimum atomic E-state index is -1.15. The van der Waals surface area contributed by atoms with E-state index in [0.29, 0.717) is 17.2 Å². The number of aryl methyl sites for hydroxylation is 1.